The number of hydrogen-bond acceptors (Lipinski definition) is 12. The first-order valence-corrected chi connectivity index (χ1v) is 30.3. The van der Waals surface area contributed by atoms with Crippen LogP contribution in [0.2, 0.25) is 10.0 Å². The average molecular weight is 1360 g/mol. The molecule has 0 saturated heterocycles. The maximum atomic E-state index is 13.8. The number of fused-ring (bicyclic) bond motifs is 2. The van der Waals surface area contributed by atoms with Gasteiger partial charge in [-0.2, -0.15) is 24.4 Å². The standard InChI is InChI=1S/C29H21ClN5O2.C29H20ClN5O2.C6H6BrNO.C6H6N2O3/c2*1-19-17-22(15-16-33(19)37)20-7-9-21(10-8-20)27-32-28-26(18-31-35(28)25-5-3-2-4-6-25)29(36)34(27)24-13-11-23(30)12-14-24;1-5-4-6(7)2-3-8(5)9;1-5-4-6(8(10)11)2-3-7(5)9/h2-18,37H,1H3;2-18H,1H3;2-4H,1H3;2-4H,1H3/q+1;;;. The van der Waals surface area contributed by atoms with Crippen molar-refractivity contribution in [2.45, 2.75) is 27.7 Å². The molecule has 466 valence electrons. The Morgan fingerprint density at radius 3 is 1.22 bits per heavy atom. The number of hydrogen-bond donors (Lipinski definition) is 1. The van der Waals surface area contributed by atoms with Gasteiger partial charge >= 0.3 is 0 Å². The molecule has 0 amide bonds. The Kier molecular flexibility index (Phi) is 18.9. The number of pyridine rings is 4. The van der Waals surface area contributed by atoms with E-state index in [2.05, 4.69) is 26.1 Å². The van der Waals surface area contributed by atoms with Crippen LogP contribution in [0.5, 0.6) is 0 Å². The maximum Gasteiger partial charge on any atom is 0.281 e. The normalized spacial score (nSPS) is 10.8. The molecule has 0 aliphatic rings. The number of nitro groups is 1. The molecule has 8 heterocycles. The van der Waals surface area contributed by atoms with Crippen molar-refractivity contribution in [3.05, 3.63) is 327 Å². The second-order valence-electron chi connectivity index (χ2n) is 21.2. The molecular weight excluding hydrogens is 1300 g/mol. The van der Waals surface area contributed by atoms with Gasteiger partial charge in [-0.1, -0.05) is 124 Å². The van der Waals surface area contributed by atoms with Crippen molar-refractivity contribution in [2.24, 2.45) is 0 Å². The van der Waals surface area contributed by atoms with Crippen LogP contribution in [0.4, 0.5) is 5.69 Å². The van der Waals surface area contributed by atoms with Gasteiger partial charge in [0.25, 0.3) is 16.8 Å². The summed E-state index contributed by atoms with van der Waals surface area (Å²) in [6, 6.07) is 62.2. The second kappa shape index (κ2) is 27.8. The highest BCUT2D eigenvalue weighted by molar-refractivity contribution is 9.10. The molecule has 1 N–H and O–H groups in total. The fraction of sp³-hybridized carbons (Fsp3) is 0.0571. The van der Waals surface area contributed by atoms with E-state index in [0.29, 0.717) is 76.9 Å². The lowest BCUT2D eigenvalue weighted by atomic mass is 10.0. The molecule has 14 aromatic rings. The summed E-state index contributed by atoms with van der Waals surface area (Å²) in [7, 11) is 0. The van der Waals surface area contributed by atoms with Gasteiger partial charge in [0.05, 0.1) is 52.2 Å². The molecule has 0 bridgehead atoms. The van der Waals surface area contributed by atoms with Gasteiger partial charge in [-0.05, 0) is 95.1 Å². The summed E-state index contributed by atoms with van der Waals surface area (Å²) in [4.78, 5) is 47.2. The lowest BCUT2D eigenvalue weighted by Crippen LogP contribution is -2.32. The van der Waals surface area contributed by atoms with Gasteiger partial charge in [0.1, 0.15) is 22.4 Å². The molecule has 14 rings (SSSR count). The minimum Gasteiger partial charge on any atom is -0.619 e. The molecule has 6 aromatic carbocycles. The Morgan fingerprint density at radius 1 is 0.447 bits per heavy atom. The maximum absolute atomic E-state index is 13.8. The molecule has 0 saturated carbocycles. The van der Waals surface area contributed by atoms with Gasteiger partial charge in [0.2, 0.25) is 11.9 Å². The number of halogens is 3. The van der Waals surface area contributed by atoms with Crippen molar-refractivity contribution in [3.8, 4) is 67.8 Å². The molecule has 0 aliphatic heterocycles. The summed E-state index contributed by atoms with van der Waals surface area (Å²) >= 11 is 15.5. The van der Waals surface area contributed by atoms with E-state index in [1.54, 1.807) is 118 Å². The zero-order chi connectivity index (χ0) is 66.3. The molecule has 8 aromatic heterocycles. The van der Waals surface area contributed by atoms with Gasteiger partial charge in [0, 0.05) is 94.5 Å². The molecule has 0 fully saturated rings. The fourth-order valence-electron chi connectivity index (χ4n) is 9.96. The number of aromatic nitrogens is 12. The Morgan fingerprint density at radius 2 is 0.830 bits per heavy atom. The van der Waals surface area contributed by atoms with Gasteiger partial charge in [-0.15, -0.1) is 0 Å². The van der Waals surface area contributed by atoms with Crippen LogP contribution in [0.1, 0.15) is 22.8 Å². The second-order valence-corrected chi connectivity index (χ2v) is 23.0. The zero-order valence-corrected chi connectivity index (χ0v) is 53.4. The van der Waals surface area contributed by atoms with E-state index in [4.69, 9.17) is 33.2 Å². The van der Waals surface area contributed by atoms with Crippen LogP contribution in [0.15, 0.2) is 257 Å². The molecule has 0 unspecified atom stereocenters. The topological polar surface area (TPSA) is 253 Å². The molecule has 0 aliphatic carbocycles. The predicted molar refractivity (Wildman–Crippen MR) is 361 cm³/mol. The van der Waals surface area contributed by atoms with Crippen LogP contribution in [0.3, 0.4) is 0 Å². The van der Waals surface area contributed by atoms with Crippen LogP contribution < -0.4 is 30.0 Å². The smallest absolute Gasteiger partial charge is 0.281 e. The van der Waals surface area contributed by atoms with Crippen LogP contribution in [0.25, 0.3) is 89.8 Å². The fourth-order valence-corrected chi connectivity index (χ4v) is 10.7. The summed E-state index contributed by atoms with van der Waals surface area (Å²) in [5.41, 5.74) is 11.1. The molecule has 0 spiro atoms. The van der Waals surface area contributed by atoms with Crippen molar-refractivity contribution >= 4 is 66.9 Å². The lowest BCUT2D eigenvalue weighted by molar-refractivity contribution is -0.908. The zero-order valence-electron chi connectivity index (χ0n) is 50.3. The Hall–Kier alpha value is -11.7. The van der Waals surface area contributed by atoms with E-state index in [0.717, 1.165) is 75.3 Å². The minimum absolute atomic E-state index is 0.0606. The molecule has 24 heteroatoms. The molecule has 0 radical (unpaired) electrons. The summed E-state index contributed by atoms with van der Waals surface area (Å²) < 4.78 is 10.8. The van der Waals surface area contributed by atoms with E-state index in [1.807, 2.05) is 134 Å². The van der Waals surface area contributed by atoms with E-state index in [9.17, 15) is 40.5 Å². The average Bonchev–Trinajstić information content (AvgIpc) is 1.49. The Balaban J connectivity index is 0.000000148. The SMILES string of the molecule is Cc1cc(-c2ccc(-c3nc4c(cnn4-c4ccccc4)c(=O)n3-c3ccc(Cl)cc3)cc2)cc[n+]1O.Cc1cc(-c2ccc(-c3nc4c(cnn4-c4ccccc4)c(=O)n3-c3ccc(Cl)cc3)cc2)cc[n+]1[O-].Cc1cc(Br)cc[n+]1[O-].Cc1cc([N+](=O)[O-])cc[n+]1[O-]. The Bertz CT molecular complexity index is 4960. The van der Waals surface area contributed by atoms with Crippen molar-refractivity contribution < 1.29 is 29.1 Å². The first-order chi connectivity index (χ1) is 45.3. The van der Waals surface area contributed by atoms with Gasteiger partial charge in [-0.25, -0.2) is 19.3 Å². The predicted octanol–water partition coefficient (Wildman–Crippen LogP) is 12.8. The summed E-state index contributed by atoms with van der Waals surface area (Å²) in [6.45, 7) is 6.88. The molecule has 0 atom stereocenters. The van der Waals surface area contributed by atoms with Crippen LogP contribution in [-0.2, 0) is 0 Å². The molecule has 94 heavy (non-hydrogen) atoms. The van der Waals surface area contributed by atoms with Crippen molar-refractivity contribution in [2.75, 3.05) is 0 Å². The first kappa shape index (κ1) is 63.8. The third-order valence-corrected chi connectivity index (χ3v) is 15.9. The molecule has 21 nitrogen and oxygen atoms in total. The van der Waals surface area contributed by atoms with E-state index >= 15 is 0 Å². The van der Waals surface area contributed by atoms with Crippen molar-refractivity contribution in [1.82, 2.24) is 38.7 Å². The van der Waals surface area contributed by atoms with Gasteiger partial charge in [0.15, 0.2) is 47.0 Å². The highest BCUT2D eigenvalue weighted by atomic mass is 79.9. The third kappa shape index (κ3) is 13.9. The summed E-state index contributed by atoms with van der Waals surface area (Å²) in [5, 5.41) is 64.0. The number of nitrogens with zero attached hydrogens (tertiary/aromatic N) is 13. The summed E-state index contributed by atoms with van der Waals surface area (Å²) in [6.07, 6.45) is 8.81. The molecular formula is C70H53BrCl2N13O8+. The highest BCUT2D eigenvalue weighted by Gasteiger charge is 2.22. The minimum atomic E-state index is -0.535. The van der Waals surface area contributed by atoms with E-state index < -0.39 is 4.92 Å². The van der Waals surface area contributed by atoms with Crippen LogP contribution in [-0.4, -0.2) is 48.8 Å². The largest absolute Gasteiger partial charge is 0.619 e. The summed E-state index contributed by atoms with van der Waals surface area (Å²) in [5.74, 6) is 0.965. The van der Waals surface area contributed by atoms with Crippen LogP contribution in [0, 0.1) is 53.4 Å². The quantitative estimate of drug-likeness (QED) is 0.0465. The number of aryl methyl sites for hydroxylation is 4. The van der Waals surface area contributed by atoms with E-state index in [-0.39, 0.29) is 16.8 Å². The lowest BCUT2D eigenvalue weighted by Gasteiger charge is -2.14. The number of para-hydroxylation sites is 2. The third-order valence-electron chi connectivity index (χ3n) is 14.9. The van der Waals surface area contributed by atoms with Crippen molar-refractivity contribution in [1.29, 1.82) is 0 Å². The first-order valence-electron chi connectivity index (χ1n) is 28.8. The van der Waals surface area contributed by atoms with Gasteiger partial charge in [-0.3, -0.25) is 34.0 Å². The van der Waals surface area contributed by atoms with E-state index in [1.165, 1.54) is 31.5 Å². The van der Waals surface area contributed by atoms with Gasteiger partial charge < -0.3 is 15.6 Å². The van der Waals surface area contributed by atoms with Crippen molar-refractivity contribution in [3.63, 3.8) is 0 Å². The number of benzene rings is 6. The monoisotopic (exact) mass is 1350 g/mol. The Labute approximate surface area is 554 Å². The van der Waals surface area contributed by atoms with Crippen LogP contribution >= 0.6 is 39.1 Å². The highest BCUT2D eigenvalue weighted by Crippen LogP contribution is 2.30. The number of rotatable bonds is 9.